The van der Waals surface area contributed by atoms with E-state index < -0.39 is 12.0 Å². The van der Waals surface area contributed by atoms with Gasteiger partial charge < -0.3 is 15.3 Å². The van der Waals surface area contributed by atoms with Gasteiger partial charge in [0.1, 0.15) is 0 Å². The summed E-state index contributed by atoms with van der Waals surface area (Å²) in [5.74, 6) is -1.47. The fourth-order valence-corrected chi connectivity index (χ4v) is 4.41. The van der Waals surface area contributed by atoms with Gasteiger partial charge in [0, 0.05) is 35.3 Å². The van der Waals surface area contributed by atoms with E-state index in [1.54, 1.807) is 25.4 Å². The number of nitrogens with zero attached hydrogens (tertiary/aromatic N) is 2. The van der Waals surface area contributed by atoms with E-state index in [2.05, 4.69) is 17.2 Å². The maximum atomic E-state index is 12.7. The van der Waals surface area contributed by atoms with Gasteiger partial charge in [-0.05, 0) is 49.6 Å². The van der Waals surface area contributed by atoms with Crippen LogP contribution in [0.4, 0.5) is 5.69 Å². The molecule has 0 fully saturated rings. The molecule has 184 valence electrons. The average Bonchev–Trinajstić information content (AvgIpc) is 3.34. The molecule has 1 atom stereocenters. The molecule has 3 aromatic rings. The molecule has 1 aromatic heterocycles. The van der Waals surface area contributed by atoms with Crippen molar-refractivity contribution in [2.45, 2.75) is 52.0 Å². The summed E-state index contributed by atoms with van der Waals surface area (Å²) >= 11 is 1.20. The Kier molecular flexibility index (Phi) is 9.14. The van der Waals surface area contributed by atoms with Crippen molar-refractivity contribution >= 4 is 34.8 Å². The van der Waals surface area contributed by atoms with Crippen molar-refractivity contribution in [2.75, 3.05) is 12.4 Å². The summed E-state index contributed by atoms with van der Waals surface area (Å²) in [6, 6.07) is 14.6. The zero-order valence-corrected chi connectivity index (χ0v) is 21.1. The van der Waals surface area contributed by atoms with Gasteiger partial charge in [0.15, 0.2) is 5.01 Å². The van der Waals surface area contributed by atoms with Crippen molar-refractivity contribution in [2.24, 2.45) is 0 Å². The summed E-state index contributed by atoms with van der Waals surface area (Å²) in [5.41, 5.74) is 3.84. The molecule has 35 heavy (non-hydrogen) atoms. The summed E-state index contributed by atoms with van der Waals surface area (Å²) < 4.78 is 0. The summed E-state index contributed by atoms with van der Waals surface area (Å²) in [6.45, 7) is 3.87. The molecule has 0 bridgehead atoms. The van der Waals surface area contributed by atoms with E-state index in [1.165, 1.54) is 34.6 Å². The summed E-state index contributed by atoms with van der Waals surface area (Å²) in [7, 11) is 1.57. The number of aliphatic carboxylic acids is 1. The summed E-state index contributed by atoms with van der Waals surface area (Å²) in [4.78, 5) is 42.2. The molecule has 0 aliphatic rings. The minimum absolute atomic E-state index is 0.135. The highest BCUT2D eigenvalue weighted by atomic mass is 32.1. The van der Waals surface area contributed by atoms with Crippen LogP contribution in [0.5, 0.6) is 0 Å². The van der Waals surface area contributed by atoms with Crippen LogP contribution >= 0.6 is 11.3 Å². The van der Waals surface area contributed by atoms with Gasteiger partial charge in [-0.1, -0.05) is 44.0 Å². The highest BCUT2D eigenvalue weighted by molar-refractivity contribution is 7.12. The monoisotopic (exact) mass is 493 g/mol. The zero-order chi connectivity index (χ0) is 25.4. The molecule has 0 saturated carbocycles. The number of aryl methyl sites for hydroxylation is 1. The molecule has 0 spiro atoms. The van der Waals surface area contributed by atoms with Crippen LogP contribution in [-0.4, -0.2) is 45.9 Å². The predicted molar refractivity (Wildman–Crippen MR) is 139 cm³/mol. The number of hydrogen-bond donors (Lipinski definition) is 2. The minimum atomic E-state index is -0.959. The number of thiazole rings is 1. The van der Waals surface area contributed by atoms with Crippen LogP contribution in [0.1, 0.15) is 65.3 Å². The number of hydrogen-bond acceptors (Lipinski definition) is 5. The Balaban J connectivity index is 1.66. The molecule has 2 amide bonds. The van der Waals surface area contributed by atoms with Gasteiger partial charge in [-0.25, -0.2) is 4.98 Å². The number of carboxylic acid groups (broad SMARTS) is 1. The molecule has 2 N–H and O–H groups in total. The van der Waals surface area contributed by atoms with E-state index >= 15 is 0 Å². The van der Waals surface area contributed by atoms with Crippen LogP contribution in [0, 0.1) is 0 Å². The van der Waals surface area contributed by atoms with Crippen molar-refractivity contribution < 1.29 is 19.5 Å². The van der Waals surface area contributed by atoms with Gasteiger partial charge in [-0.15, -0.1) is 11.3 Å². The normalized spacial score (nSPS) is 11.6. The number of amides is 2. The number of anilines is 1. The molecule has 7 nitrogen and oxygen atoms in total. The first kappa shape index (κ1) is 26.1. The Morgan fingerprint density at radius 3 is 2.54 bits per heavy atom. The fraction of sp³-hybridized carbons (Fsp3) is 0.333. The molecule has 2 aromatic carbocycles. The lowest BCUT2D eigenvalue weighted by atomic mass is 10.0. The van der Waals surface area contributed by atoms with Gasteiger partial charge in [0.25, 0.3) is 11.8 Å². The van der Waals surface area contributed by atoms with E-state index in [9.17, 15) is 14.4 Å². The lowest BCUT2D eigenvalue weighted by molar-refractivity contribution is -0.137. The van der Waals surface area contributed by atoms with Gasteiger partial charge in [-0.2, -0.15) is 0 Å². The largest absolute Gasteiger partial charge is 0.481 e. The SMILES string of the molecule is CCCCCc1ccc(C(=O)Nc2cccc(-c3csc(C(=O)N(C)C(C)CC(=O)O)n3)c2)cc1. The van der Waals surface area contributed by atoms with E-state index in [4.69, 9.17) is 5.11 Å². The van der Waals surface area contributed by atoms with Gasteiger partial charge in [-0.3, -0.25) is 14.4 Å². The summed E-state index contributed by atoms with van der Waals surface area (Å²) in [5, 5.41) is 14.0. The number of benzene rings is 2. The smallest absolute Gasteiger partial charge is 0.305 e. The Hall–Kier alpha value is -3.52. The third-order valence-corrected chi connectivity index (χ3v) is 6.67. The standard InChI is InChI=1S/C27H31N3O4S/c1-4-5-6-8-19-11-13-20(14-12-19)25(33)28-22-10-7-9-21(16-22)23-17-35-26(29-23)27(34)30(3)18(2)15-24(31)32/h7,9-14,16-18H,4-6,8,15H2,1-3H3,(H,28,33)(H,31,32). The van der Waals surface area contributed by atoms with Gasteiger partial charge >= 0.3 is 5.97 Å². The second-order valence-electron chi connectivity index (χ2n) is 8.59. The van der Waals surface area contributed by atoms with Crippen molar-refractivity contribution in [3.63, 3.8) is 0 Å². The third kappa shape index (κ3) is 7.23. The number of carbonyl (C=O) groups is 3. The predicted octanol–water partition coefficient (Wildman–Crippen LogP) is 5.73. The second kappa shape index (κ2) is 12.3. The highest BCUT2D eigenvalue weighted by Crippen LogP contribution is 2.26. The first-order chi connectivity index (χ1) is 16.8. The molecule has 1 heterocycles. The van der Waals surface area contributed by atoms with Crippen molar-refractivity contribution in [3.8, 4) is 11.3 Å². The van der Waals surface area contributed by atoms with Crippen LogP contribution < -0.4 is 5.32 Å². The van der Waals surface area contributed by atoms with E-state index in [0.29, 0.717) is 16.9 Å². The van der Waals surface area contributed by atoms with E-state index in [0.717, 1.165) is 18.4 Å². The Bertz CT molecular complexity index is 1170. The summed E-state index contributed by atoms with van der Waals surface area (Å²) in [6.07, 6.45) is 4.42. The number of carboxylic acids is 1. The molecule has 1 unspecified atom stereocenters. The topological polar surface area (TPSA) is 99.6 Å². The van der Waals surface area contributed by atoms with Crippen LogP contribution in [0.3, 0.4) is 0 Å². The van der Waals surface area contributed by atoms with Gasteiger partial charge in [0.2, 0.25) is 0 Å². The second-order valence-corrected chi connectivity index (χ2v) is 9.45. The van der Waals surface area contributed by atoms with Crippen LogP contribution in [-0.2, 0) is 11.2 Å². The Labute approximate surface area is 209 Å². The number of aromatic nitrogens is 1. The Morgan fingerprint density at radius 2 is 1.86 bits per heavy atom. The maximum absolute atomic E-state index is 12.7. The Morgan fingerprint density at radius 1 is 1.11 bits per heavy atom. The molecule has 0 aliphatic carbocycles. The number of nitrogens with one attached hydrogen (secondary N) is 1. The fourth-order valence-electron chi connectivity index (χ4n) is 3.61. The van der Waals surface area contributed by atoms with Crippen LogP contribution in [0.15, 0.2) is 53.9 Å². The first-order valence-corrected chi connectivity index (χ1v) is 12.6. The lowest BCUT2D eigenvalue weighted by Crippen LogP contribution is -2.36. The first-order valence-electron chi connectivity index (χ1n) is 11.7. The minimum Gasteiger partial charge on any atom is -0.481 e. The van der Waals surface area contributed by atoms with Crippen LogP contribution in [0.25, 0.3) is 11.3 Å². The number of unbranched alkanes of at least 4 members (excludes halogenated alkanes) is 2. The molecular weight excluding hydrogens is 462 g/mol. The van der Waals surface area contributed by atoms with Crippen molar-refractivity contribution in [3.05, 3.63) is 70.0 Å². The molecule has 8 heteroatoms. The zero-order valence-electron chi connectivity index (χ0n) is 20.3. The molecule has 3 rings (SSSR count). The highest BCUT2D eigenvalue weighted by Gasteiger charge is 2.22. The van der Waals surface area contributed by atoms with E-state index in [1.807, 2.05) is 42.5 Å². The third-order valence-electron chi connectivity index (χ3n) is 5.84. The molecule has 0 aliphatic heterocycles. The molecule has 0 saturated heterocycles. The van der Waals surface area contributed by atoms with Crippen molar-refractivity contribution in [1.82, 2.24) is 9.88 Å². The number of rotatable bonds is 11. The lowest BCUT2D eigenvalue weighted by Gasteiger charge is -2.22. The average molecular weight is 494 g/mol. The number of carbonyl (C=O) groups excluding carboxylic acids is 2. The van der Waals surface area contributed by atoms with Gasteiger partial charge in [0.05, 0.1) is 12.1 Å². The van der Waals surface area contributed by atoms with Crippen molar-refractivity contribution in [1.29, 1.82) is 0 Å². The molecule has 0 radical (unpaired) electrons. The molecular formula is C27H31N3O4S. The maximum Gasteiger partial charge on any atom is 0.305 e. The van der Waals surface area contributed by atoms with E-state index in [-0.39, 0.29) is 23.2 Å². The van der Waals surface area contributed by atoms with Crippen LogP contribution in [0.2, 0.25) is 0 Å². The quantitative estimate of drug-likeness (QED) is 0.332.